The maximum Gasteiger partial charge on any atom is 0.320 e. The maximum absolute atomic E-state index is 10.2. The van der Waals surface area contributed by atoms with E-state index in [0.29, 0.717) is 19.4 Å². The first-order chi connectivity index (χ1) is 12.3. The summed E-state index contributed by atoms with van der Waals surface area (Å²) in [4.78, 5) is 39.6. The highest BCUT2D eigenvalue weighted by atomic mass is 16.4. The molecule has 0 radical (unpaired) electrons. The molecule has 0 aliphatic heterocycles. The standard InChI is InChI=1S/C6H14N4O2.C5H10N2O3.C2H5NO2/c7-4(5(11)12)2-1-3-10-6(8)9;6-3(5(9)10)1-2-4(7)8;3-1-2(4)5/h4H,1-3,7H2,(H,11,12)(H4,8,9,10);3H,1-2,6H2,(H2,7,8)(H,9,10);1,3H2,(H,4,5)/t4-;3-;/m00./s1. The summed E-state index contributed by atoms with van der Waals surface area (Å²) in [6.07, 6.45) is 1.10. The highest BCUT2D eigenvalue weighted by molar-refractivity contribution is 5.77. The van der Waals surface area contributed by atoms with E-state index in [1.54, 1.807) is 0 Å². The molecule has 0 rings (SSSR count). The molecule has 0 fully saturated rings. The van der Waals surface area contributed by atoms with Crippen LogP contribution >= 0.6 is 0 Å². The maximum atomic E-state index is 10.2. The Kier molecular flexibility index (Phi) is 19.0. The van der Waals surface area contributed by atoms with Crippen molar-refractivity contribution in [3.05, 3.63) is 0 Å². The van der Waals surface area contributed by atoms with Gasteiger partial charge in [-0.1, -0.05) is 0 Å². The summed E-state index contributed by atoms with van der Waals surface area (Å²) in [5.74, 6) is -3.72. The minimum absolute atomic E-state index is 0.0213. The molecule has 0 aliphatic rings. The van der Waals surface area contributed by atoms with E-state index in [4.69, 9.17) is 43.7 Å². The van der Waals surface area contributed by atoms with E-state index in [9.17, 15) is 19.2 Å². The van der Waals surface area contributed by atoms with Gasteiger partial charge in [0.1, 0.15) is 12.1 Å². The van der Waals surface area contributed by atoms with Crippen LogP contribution in [0, 0.1) is 5.41 Å². The summed E-state index contributed by atoms with van der Waals surface area (Å²) in [6.45, 7) is 0.205. The number of carboxylic acids is 3. The predicted molar refractivity (Wildman–Crippen MR) is 95.5 cm³/mol. The molecule has 0 saturated carbocycles. The Morgan fingerprint density at radius 1 is 0.926 bits per heavy atom. The first kappa shape index (κ1) is 28.8. The highest BCUT2D eigenvalue weighted by Crippen LogP contribution is 1.93. The summed E-state index contributed by atoms with van der Waals surface area (Å²) in [5, 5.41) is 33.5. The zero-order valence-electron chi connectivity index (χ0n) is 14.8. The highest BCUT2D eigenvalue weighted by Gasteiger charge is 2.11. The van der Waals surface area contributed by atoms with Crippen LogP contribution in [0.2, 0.25) is 0 Å². The van der Waals surface area contributed by atoms with E-state index in [2.05, 4.69) is 11.1 Å². The van der Waals surface area contributed by atoms with Crippen LogP contribution in [0.25, 0.3) is 0 Å². The van der Waals surface area contributed by atoms with Crippen molar-refractivity contribution in [2.45, 2.75) is 37.8 Å². The van der Waals surface area contributed by atoms with Gasteiger partial charge >= 0.3 is 17.9 Å². The average molecular weight is 395 g/mol. The van der Waals surface area contributed by atoms with Gasteiger partial charge in [0.2, 0.25) is 5.91 Å². The fraction of sp³-hybridized carbons (Fsp3) is 0.615. The molecule has 158 valence electrons. The number of amides is 1. The number of hydrogen-bond acceptors (Lipinski definition) is 8. The molecule has 14 nitrogen and oxygen atoms in total. The molecule has 2 atom stereocenters. The normalized spacial score (nSPS) is 11.4. The van der Waals surface area contributed by atoms with Gasteiger partial charge in [0, 0.05) is 13.0 Å². The molecule has 14 heteroatoms. The molecule has 0 aromatic carbocycles. The zero-order chi connectivity index (χ0) is 22.0. The number of primary amides is 1. The summed E-state index contributed by atoms with van der Waals surface area (Å²) < 4.78 is 0. The van der Waals surface area contributed by atoms with E-state index in [0.717, 1.165) is 0 Å². The van der Waals surface area contributed by atoms with Crippen molar-refractivity contribution in [3.8, 4) is 0 Å². The molecule has 27 heavy (non-hydrogen) atoms. The molecule has 15 N–H and O–H groups in total. The van der Waals surface area contributed by atoms with Gasteiger partial charge in [-0.15, -0.1) is 0 Å². The van der Waals surface area contributed by atoms with Gasteiger partial charge in [0.25, 0.3) is 0 Å². The lowest BCUT2D eigenvalue weighted by Gasteiger charge is -2.06. The Morgan fingerprint density at radius 2 is 1.33 bits per heavy atom. The topological polar surface area (TPSA) is 295 Å². The molecule has 0 saturated heterocycles. The number of carboxylic acid groups (broad SMARTS) is 3. The average Bonchev–Trinajstić information content (AvgIpc) is 2.56. The van der Waals surface area contributed by atoms with Gasteiger partial charge in [0.15, 0.2) is 5.96 Å². The third-order valence-corrected chi connectivity index (χ3v) is 2.52. The van der Waals surface area contributed by atoms with Crippen molar-refractivity contribution in [2.24, 2.45) is 28.7 Å². The Hall–Kier alpha value is -2.97. The van der Waals surface area contributed by atoms with Crippen LogP contribution in [0.1, 0.15) is 25.7 Å². The van der Waals surface area contributed by atoms with Gasteiger partial charge in [-0.2, -0.15) is 0 Å². The SMILES string of the molecule is N=C(N)NCCC[C@H](N)C(=O)O.NC(=O)CC[C@H](N)C(=O)O.NCC(=O)O. The van der Waals surface area contributed by atoms with Crippen molar-refractivity contribution in [2.75, 3.05) is 13.1 Å². The van der Waals surface area contributed by atoms with Crippen LogP contribution in [0.3, 0.4) is 0 Å². The Bertz CT molecular complexity index is 488. The number of nitrogens with two attached hydrogens (primary N) is 5. The molecule has 1 amide bonds. The molecule has 0 spiro atoms. The minimum atomic E-state index is -1.11. The van der Waals surface area contributed by atoms with Crippen LogP contribution in [-0.2, 0) is 19.2 Å². The van der Waals surface area contributed by atoms with Crippen molar-refractivity contribution in [3.63, 3.8) is 0 Å². The number of carbonyl (C=O) groups is 4. The van der Waals surface area contributed by atoms with Crippen LogP contribution in [0.5, 0.6) is 0 Å². The van der Waals surface area contributed by atoms with Crippen LogP contribution < -0.4 is 34.0 Å². The minimum Gasteiger partial charge on any atom is -0.480 e. The second kappa shape index (κ2) is 17.8. The van der Waals surface area contributed by atoms with E-state index < -0.39 is 35.9 Å². The van der Waals surface area contributed by atoms with Crippen molar-refractivity contribution >= 4 is 29.8 Å². The number of rotatable bonds is 10. The number of guanidine groups is 1. The number of aliphatic carboxylic acids is 3. The second-order valence-corrected chi connectivity index (χ2v) is 4.97. The first-order valence-corrected chi connectivity index (χ1v) is 7.59. The lowest BCUT2D eigenvalue weighted by Crippen LogP contribution is -2.34. The zero-order valence-corrected chi connectivity index (χ0v) is 14.8. The Morgan fingerprint density at radius 3 is 1.63 bits per heavy atom. The smallest absolute Gasteiger partial charge is 0.320 e. The number of nitrogens with one attached hydrogen (secondary N) is 2. The third kappa shape index (κ3) is 28.1. The van der Waals surface area contributed by atoms with E-state index in [-0.39, 0.29) is 25.3 Å². The monoisotopic (exact) mass is 395 g/mol. The van der Waals surface area contributed by atoms with Gasteiger partial charge in [-0.05, 0) is 19.3 Å². The molecule has 0 aromatic heterocycles. The van der Waals surface area contributed by atoms with Crippen LogP contribution in [0.4, 0.5) is 0 Å². The van der Waals surface area contributed by atoms with E-state index in [1.807, 2.05) is 0 Å². The largest absolute Gasteiger partial charge is 0.480 e. The van der Waals surface area contributed by atoms with E-state index in [1.165, 1.54) is 0 Å². The van der Waals surface area contributed by atoms with Crippen molar-refractivity contribution < 1.29 is 34.5 Å². The fourth-order valence-corrected chi connectivity index (χ4v) is 1.09. The second-order valence-electron chi connectivity index (χ2n) is 4.97. The molecular weight excluding hydrogens is 366 g/mol. The lowest BCUT2D eigenvalue weighted by molar-refractivity contribution is -0.139. The molecular formula is C13H29N7O7. The molecule has 0 unspecified atom stereocenters. The van der Waals surface area contributed by atoms with Crippen molar-refractivity contribution in [1.82, 2.24) is 5.32 Å². The number of carbonyl (C=O) groups excluding carboxylic acids is 1. The molecule has 0 aliphatic carbocycles. The summed E-state index contributed by atoms with van der Waals surface area (Å²) in [7, 11) is 0. The van der Waals surface area contributed by atoms with Gasteiger partial charge in [-0.25, -0.2) is 0 Å². The van der Waals surface area contributed by atoms with Crippen molar-refractivity contribution in [1.29, 1.82) is 5.41 Å². The lowest BCUT2D eigenvalue weighted by atomic mass is 10.2. The van der Waals surface area contributed by atoms with Crippen LogP contribution in [0.15, 0.2) is 0 Å². The Labute approximate surface area is 155 Å². The van der Waals surface area contributed by atoms with Gasteiger partial charge in [-0.3, -0.25) is 24.6 Å². The summed E-state index contributed by atoms with van der Waals surface area (Å²) >= 11 is 0. The van der Waals surface area contributed by atoms with E-state index >= 15 is 0 Å². The number of hydrogen-bond donors (Lipinski definition) is 10. The Balaban J connectivity index is -0.000000347. The first-order valence-electron chi connectivity index (χ1n) is 7.59. The molecule has 0 bridgehead atoms. The van der Waals surface area contributed by atoms with Gasteiger partial charge < -0.3 is 49.3 Å². The molecule has 0 heterocycles. The fourth-order valence-electron chi connectivity index (χ4n) is 1.09. The predicted octanol–water partition coefficient (Wildman–Crippen LogP) is -3.64. The molecule has 0 aromatic rings. The van der Waals surface area contributed by atoms with Gasteiger partial charge in [0.05, 0.1) is 6.54 Å². The van der Waals surface area contributed by atoms with Crippen LogP contribution in [-0.4, -0.2) is 70.3 Å². The summed E-state index contributed by atoms with van der Waals surface area (Å²) in [5.41, 5.74) is 24.6. The quantitative estimate of drug-likeness (QED) is 0.0972. The third-order valence-electron chi connectivity index (χ3n) is 2.52. The summed E-state index contributed by atoms with van der Waals surface area (Å²) in [6, 6.07) is -1.80.